The van der Waals surface area contributed by atoms with Gasteiger partial charge in [0.2, 0.25) is 5.91 Å². The second kappa shape index (κ2) is 5.19. The quantitative estimate of drug-likeness (QED) is 0.809. The van der Waals surface area contributed by atoms with Gasteiger partial charge in [-0.25, -0.2) is 0 Å². The predicted molar refractivity (Wildman–Crippen MR) is 65.8 cm³/mol. The van der Waals surface area contributed by atoms with E-state index in [1.807, 2.05) is 31.2 Å². The monoisotopic (exact) mass is 234 g/mol. The summed E-state index contributed by atoms with van der Waals surface area (Å²) in [5.74, 6) is 0.775. The summed E-state index contributed by atoms with van der Waals surface area (Å²) in [4.78, 5) is 11.7. The molecule has 1 aromatic rings. The van der Waals surface area contributed by atoms with Crippen LogP contribution in [0.3, 0.4) is 0 Å². The zero-order valence-corrected chi connectivity index (χ0v) is 9.98. The second-order valence-electron chi connectivity index (χ2n) is 4.47. The Balaban J connectivity index is 1.96. The van der Waals surface area contributed by atoms with Gasteiger partial charge >= 0.3 is 0 Å². The number of para-hydroxylation sites is 1. The highest BCUT2D eigenvalue weighted by Gasteiger charge is 2.22. The number of amides is 1. The Bertz CT molecular complexity index is 406. The molecule has 2 atom stereocenters. The van der Waals surface area contributed by atoms with E-state index >= 15 is 0 Å². The van der Waals surface area contributed by atoms with Crippen molar-refractivity contribution in [1.82, 2.24) is 5.32 Å². The molecule has 0 bridgehead atoms. The van der Waals surface area contributed by atoms with Crippen LogP contribution in [0.15, 0.2) is 24.3 Å². The van der Waals surface area contributed by atoms with Crippen LogP contribution in [0.25, 0.3) is 0 Å². The Labute approximate surface area is 101 Å². The average molecular weight is 234 g/mol. The maximum absolute atomic E-state index is 11.7. The van der Waals surface area contributed by atoms with Crippen LogP contribution in [0.2, 0.25) is 0 Å². The summed E-state index contributed by atoms with van der Waals surface area (Å²) in [5, 5.41) is 2.97. The van der Waals surface area contributed by atoms with E-state index in [-0.39, 0.29) is 17.9 Å². The first-order chi connectivity index (χ1) is 8.20. The number of carbonyl (C=O) groups excluding carboxylic acids is 1. The summed E-state index contributed by atoms with van der Waals surface area (Å²) < 4.78 is 5.60. The van der Waals surface area contributed by atoms with E-state index in [0.29, 0.717) is 13.2 Å². The van der Waals surface area contributed by atoms with Crippen molar-refractivity contribution in [3.05, 3.63) is 29.8 Å². The van der Waals surface area contributed by atoms with Crippen molar-refractivity contribution < 1.29 is 9.53 Å². The Morgan fingerprint density at radius 2 is 2.35 bits per heavy atom. The lowest BCUT2D eigenvalue weighted by Crippen LogP contribution is -2.45. The lowest BCUT2D eigenvalue weighted by molar-refractivity contribution is -0.125. The van der Waals surface area contributed by atoms with E-state index in [1.54, 1.807) is 0 Å². The minimum Gasteiger partial charge on any atom is -0.491 e. The predicted octanol–water partition coefficient (Wildman–Crippen LogP) is 0.701. The molecule has 1 aliphatic rings. The van der Waals surface area contributed by atoms with Gasteiger partial charge in [0.15, 0.2) is 0 Å². The Morgan fingerprint density at radius 1 is 1.59 bits per heavy atom. The van der Waals surface area contributed by atoms with Crippen molar-refractivity contribution in [3.8, 4) is 5.75 Å². The number of fused-ring (bicyclic) bond motifs is 1. The Kier molecular flexibility index (Phi) is 3.64. The van der Waals surface area contributed by atoms with Crippen LogP contribution < -0.4 is 15.8 Å². The minimum absolute atomic E-state index is 0.000445. The van der Waals surface area contributed by atoms with Crippen LogP contribution in [-0.2, 0) is 11.2 Å². The first kappa shape index (κ1) is 11.9. The molecule has 92 valence electrons. The van der Waals surface area contributed by atoms with Crippen LogP contribution in [-0.4, -0.2) is 25.1 Å². The number of benzene rings is 1. The average Bonchev–Trinajstić information content (AvgIpc) is 2.37. The molecule has 17 heavy (non-hydrogen) atoms. The van der Waals surface area contributed by atoms with Gasteiger partial charge < -0.3 is 15.8 Å². The Morgan fingerprint density at radius 3 is 3.12 bits per heavy atom. The lowest BCUT2D eigenvalue weighted by Gasteiger charge is -2.26. The van der Waals surface area contributed by atoms with E-state index < -0.39 is 0 Å². The van der Waals surface area contributed by atoms with Gasteiger partial charge in [0.25, 0.3) is 0 Å². The van der Waals surface area contributed by atoms with Gasteiger partial charge in [-0.2, -0.15) is 0 Å². The standard InChI is InChI=1S/C13H18N2O2/c1-9(7-14)13(16)15-11-6-10-4-2-3-5-12(10)17-8-11/h2-5,9,11H,6-8,14H2,1H3,(H,15,16). The molecule has 0 radical (unpaired) electrons. The highest BCUT2D eigenvalue weighted by Crippen LogP contribution is 2.23. The third-order valence-electron chi connectivity index (χ3n) is 3.03. The van der Waals surface area contributed by atoms with E-state index in [4.69, 9.17) is 10.5 Å². The maximum Gasteiger partial charge on any atom is 0.224 e. The second-order valence-corrected chi connectivity index (χ2v) is 4.47. The molecule has 0 saturated carbocycles. The summed E-state index contributed by atoms with van der Waals surface area (Å²) in [6.07, 6.45) is 0.819. The fourth-order valence-corrected chi connectivity index (χ4v) is 1.87. The molecule has 1 heterocycles. The molecule has 3 N–H and O–H groups in total. The third kappa shape index (κ3) is 2.77. The molecule has 2 rings (SSSR count). The van der Waals surface area contributed by atoms with Crippen molar-refractivity contribution in [2.45, 2.75) is 19.4 Å². The third-order valence-corrected chi connectivity index (χ3v) is 3.03. The van der Waals surface area contributed by atoms with Crippen LogP contribution in [0.1, 0.15) is 12.5 Å². The highest BCUT2D eigenvalue weighted by molar-refractivity contribution is 5.78. The lowest BCUT2D eigenvalue weighted by atomic mass is 10.0. The molecule has 0 aliphatic carbocycles. The largest absolute Gasteiger partial charge is 0.491 e. The van der Waals surface area contributed by atoms with Crippen LogP contribution in [0.4, 0.5) is 0 Å². The smallest absolute Gasteiger partial charge is 0.224 e. The first-order valence-electron chi connectivity index (χ1n) is 5.92. The van der Waals surface area contributed by atoms with E-state index in [0.717, 1.165) is 17.7 Å². The number of ether oxygens (including phenoxy) is 1. The molecule has 1 amide bonds. The number of hydrogen-bond acceptors (Lipinski definition) is 3. The first-order valence-corrected chi connectivity index (χ1v) is 5.92. The minimum atomic E-state index is -0.146. The van der Waals surface area contributed by atoms with Crippen molar-refractivity contribution in [3.63, 3.8) is 0 Å². The van der Waals surface area contributed by atoms with Crippen molar-refractivity contribution in [2.24, 2.45) is 11.7 Å². The number of hydrogen-bond donors (Lipinski definition) is 2. The molecule has 0 saturated heterocycles. The van der Waals surface area contributed by atoms with Crippen LogP contribution in [0, 0.1) is 5.92 Å². The maximum atomic E-state index is 11.7. The number of rotatable bonds is 3. The number of carbonyl (C=O) groups is 1. The molecule has 1 aromatic carbocycles. The summed E-state index contributed by atoms with van der Waals surface area (Å²) >= 11 is 0. The highest BCUT2D eigenvalue weighted by atomic mass is 16.5. The summed E-state index contributed by atoms with van der Waals surface area (Å²) in [7, 11) is 0. The van der Waals surface area contributed by atoms with Gasteiger partial charge in [-0.3, -0.25) is 4.79 Å². The number of nitrogens with one attached hydrogen (secondary N) is 1. The van der Waals surface area contributed by atoms with Gasteiger partial charge in [0.05, 0.1) is 6.04 Å². The normalized spacial score (nSPS) is 20.0. The van der Waals surface area contributed by atoms with Gasteiger partial charge in [0.1, 0.15) is 12.4 Å². The topological polar surface area (TPSA) is 64.4 Å². The molecule has 2 unspecified atom stereocenters. The zero-order chi connectivity index (χ0) is 12.3. The van der Waals surface area contributed by atoms with E-state index in [9.17, 15) is 4.79 Å². The molecule has 4 nitrogen and oxygen atoms in total. The molecule has 4 heteroatoms. The molecular formula is C13H18N2O2. The van der Waals surface area contributed by atoms with Crippen molar-refractivity contribution in [2.75, 3.05) is 13.2 Å². The van der Waals surface area contributed by atoms with Gasteiger partial charge in [-0.15, -0.1) is 0 Å². The van der Waals surface area contributed by atoms with Gasteiger partial charge in [-0.05, 0) is 18.1 Å². The fraction of sp³-hybridized carbons (Fsp3) is 0.462. The molecular weight excluding hydrogens is 216 g/mol. The van der Waals surface area contributed by atoms with Gasteiger partial charge in [0, 0.05) is 12.5 Å². The van der Waals surface area contributed by atoms with E-state index in [2.05, 4.69) is 5.32 Å². The summed E-state index contributed by atoms with van der Waals surface area (Å²) in [5.41, 5.74) is 6.61. The van der Waals surface area contributed by atoms with Crippen LogP contribution >= 0.6 is 0 Å². The Hall–Kier alpha value is -1.55. The summed E-state index contributed by atoms with van der Waals surface area (Å²) in [6.45, 7) is 2.73. The van der Waals surface area contributed by atoms with Crippen LogP contribution in [0.5, 0.6) is 5.75 Å². The molecule has 0 spiro atoms. The summed E-state index contributed by atoms with van der Waals surface area (Å²) in [6, 6.07) is 7.96. The van der Waals surface area contributed by atoms with Crippen molar-refractivity contribution >= 4 is 5.91 Å². The van der Waals surface area contributed by atoms with E-state index in [1.165, 1.54) is 0 Å². The fourth-order valence-electron chi connectivity index (χ4n) is 1.87. The molecule has 1 aliphatic heterocycles. The zero-order valence-electron chi connectivity index (χ0n) is 9.98. The number of nitrogens with two attached hydrogens (primary N) is 1. The SMILES string of the molecule is CC(CN)C(=O)NC1COc2ccccc2C1. The molecule has 0 aromatic heterocycles. The van der Waals surface area contributed by atoms with Crippen molar-refractivity contribution in [1.29, 1.82) is 0 Å². The van der Waals surface area contributed by atoms with Gasteiger partial charge in [-0.1, -0.05) is 25.1 Å². The molecule has 0 fully saturated rings.